The van der Waals surface area contributed by atoms with Crippen LogP contribution in [-0.2, 0) is 4.74 Å². The summed E-state index contributed by atoms with van der Waals surface area (Å²) in [5, 5.41) is 0. The summed E-state index contributed by atoms with van der Waals surface area (Å²) in [5.74, 6) is 3.38. The highest BCUT2D eigenvalue weighted by molar-refractivity contribution is 7.99. The highest BCUT2D eigenvalue weighted by Crippen LogP contribution is 2.30. The predicted octanol–water partition coefficient (Wildman–Crippen LogP) is 6.06. The van der Waals surface area contributed by atoms with Crippen LogP contribution in [0.25, 0.3) is 0 Å². The lowest BCUT2D eigenvalue weighted by molar-refractivity contribution is 0.366. The lowest BCUT2D eigenvalue weighted by atomic mass is 10.1. The van der Waals surface area contributed by atoms with Gasteiger partial charge in [-0.25, -0.2) is 0 Å². The van der Waals surface area contributed by atoms with Gasteiger partial charge in [0.15, 0.2) is 0 Å². The summed E-state index contributed by atoms with van der Waals surface area (Å²) in [7, 11) is 0. The standard InChI is InChI=1S/C18H36OS/c1-4-5-6-7-8-9-10-11-12-17-18(19-17)15-20-14-13-16(2)3/h16-18H,4-15H2,1-3H3/t17-,18-/m0/s1. The molecule has 1 saturated heterocycles. The zero-order valence-electron chi connectivity index (χ0n) is 14.0. The maximum Gasteiger partial charge on any atom is 0.0931 e. The Labute approximate surface area is 131 Å². The van der Waals surface area contributed by atoms with Crippen molar-refractivity contribution >= 4 is 11.8 Å². The van der Waals surface area contributed by atoms with E-state index in [0.717, 1.165) is 5.92 Å². The second-order valence-electron chi connectivity index (χ2n) is 6.73. The van der Waals surface area contributed by atoms with Crippen molar-refractivity contribution < 1.29 is 4.74 Å². The molecule has 1 nitrogen and oxygen atoms in total. The first-order valence-electron chi connectivity index (χ1n) is 8.97. The molecule has 0 aromatic rings. The molecule has 2 atom stereocenters. The summed E-state index contributed by atoms with van der Waals surface area (Å²) >= 11 is 2.09. The smallest absolute Gasteiger partial charge is 0.0931 e. The molecule has 0 aromatic carbocycles. The fourth-order valence-corrected chi connectivity index (χ4v) is 3.91. The van der Waals surface area contributed by atoms with E-state index >= 15 is 0 Å². The van der Waals surface area contributed by atoms with E-state index in [0.29, 0.717) is 12.2 Å². The molecule has 0 N–H and O–H groups in total. The number of thioether (sulfide) groups is 1. The largest absolute Gasteiger partial charge is 0.369 e. The minimum atomic E-state index is 0.594. The van der Waals surface area contributed by atoms with E-state index in [2.05, 4.69) is 32.5 Å². The van der Waals surface area contributed by atoms with Gasteiger partial charge in [0.05, 0.1) is 12.2 Å². The number of unbranched alkanes of at least 4 members (excludes halogenated alkanes) is 7. The van der Waals surface area contributed by atoms with E-state index in [-0.39, 0.29) is 0 Å². The summed E-state index contributed by atoms with van der Waals surface area (Å²) in [4.78, 5) is 0. The topological polar surface area (TPSA) is 12.5 Å². The molecule has 1 aliphatic heterocycles. The molecule has 20 heavy (non-hydrogen) atoms. The normalized spacial score (nSPS) is 21.6. The van der Waals surface area contributed by atoms with Crippen LogP contribution in [0.5, 0.6) is 0 Å². The van der Waals surface area contributed by atoms with Gasteiger partial charge in [0.1, 0.15) is 0 Å². The Morgan fingerprint density at radius 1 is 0.900 bits per heavy atom. The SMILES string of the molecule is CCCCCCCCCC[C@@H]1O[C@H]1CSCCC(C)C. The fourth-order valence-electron chi connectivity index (χ4n) is 2.58. The molecule has 0 aliphatic carbocycles. The van der Waals surface area contributed by atoms with Crippen LogP contribution in [0.4, 0.5) is 0 Å². The molecule has 1 aliphatic rings. The highest BCUT2D eigenvalue weighted by atomic mass is 32.2. The summed E-state index contributed by atoms with van der Waals surface area (Å²) in [6.45, 7) is 6.89. The van der Waals surface area contributed by atoms with E-state index in [1.54, 1.807) is 0 Å². The van der Waals surface area contributed by atoms with E-state index in [9.17, 15) is 0 Å². The van der Waals surface area contributed by atoms with Gasteiger partial charge in [-0.15, -0.1) is 0 Å². The van der Waals surface area contributed by atoms with Crippen LogP contribution in [0, 0.1) is 5.92 Å². The quantitative estimate of drug-likeness (QED) is 0.285. The Bertz CT molecular complexity index is 217. The second kappa shape index (κ2) is 11.9. The number of hydrogen-bond donors (Lipinski definition) is 0. The van der Waals surface area contributed by atoms with Crippen molar-refractivity contribution in [3.8, 4) is 0 Å². The van der Waals surface area contributed by atoms with E-state index < -0.39 is 0 Å². The molecule has 0 amide bonds. The fraction of sp³-hybridized carbons (Fsp3) is 1.00. The van der Waals surface area contributed by atoms with Crippen molar-refractivity contribution in [1.29, 1.82) is 0 Å². The van der Waals surface area contributed by atoms with Crippen molar-refractivity contribution in [3.05, 3.63) is 0 Å². The van der Waals surface area contributed by atoms with Gasteiger partial charge in [-0.1, -0.05) is 72.1 Å². The summed E-state index contributed by atoms with van der Waals surface area (Å²) in [5.41, 5.74) is 0. The van der Waals surface area contributed by atoms with Crippen molar-refractivity contribution in [3.63, 3.8) is 0 Å². The van der Waals surface area contributed by atoms with Crippen LogP contribution in [0.3, 0.4) is 0 Å². The number of rotatable bonds is 14. The molecule has 1 rings (SSSR count). The van der Waals surface area contributed by atoms with E-state index in [1.165, 1.54) is 75.7 Å². The molecule has 0 saturated carbocycles. The lowest BCUT2D eigenvalue weighted by Crippen LogP contribution is -1.99. The Morgan fingerprint density at radius 2 is 1.55 bits per heavy atom. The van der Waals surface area contributed by atoms with Gasteiger partial charge in [0.25, 0.3) is 0 Å². The van der Waals surface area contributed by atoms with Gasteiger partial charge in [-0.05, 0) is 24.5 Å². The monoisotopic (exact) mass is 300 g/mol. The summed E-state index contributed by atoms with van der Waals surface area (Å²) in [6, 6.07) is 0. The first-order valence-corrected chi connectivity index (χ1v) is 10.1. The van der Waals surface area contributed by atoms with Crippen LogP contribution < -0.4 is 0 Å². The minimum absolute atomic E-state index is 0.594. The third-order valence-electron chi connectivity index (χ3n) is 4.15. The number of epoxide rings is 1. The number of ether oxygens (including phenoxy) is 1. The zero-order valence-corrected chi connectivity index (χ0v) is 14.9. The van der Waals surface area contributed by atoms with Gasteiger partial charge in [-0.3, -0.25) is 0 Å². The number of hydrogen-bond acceptors (Lipinski definition) is 2. The van der Waals surface area contributed by atoms with Gasteiger partial charge >= 0.3 is 0 Å². The molecule has 0 bridgehead atoms. The Kier molecular flexibility index (Phi) is 10.9. The van der Waals surface area contributed by atoms with Gasteiger partial charge in [-0.2, -0.15) is 11.8 Å². The summed E-state index contributed by atoms with van der Waals surface area (Å²) in [6.07, 6.45) is 15.2. The average Bonchev–Trinajstić information content (AvgIpc) is 3.16. The Balaban J connectivity index is 1.76. The maximum atomic E-state index is 5.76. The van der Waals surface area contributed by atoms with Crippen LogP contribution in [0.15, 0.2) is 0 Å². The first-order chi connectivity index (χ1) is 9.74. The van der Waals surface area contributed by atoms with Crippen molar-refractivity contribution in [1.82, 2.24) is 0 Å². The van der Waals surface area contributed by atoms with Crippen molar-refractivity contribution in [2.24, 2.45) is 5.92 Å². The molecular weight excluding hydrogens is 264 g/mol. The summed E-state index contributed by atoms with van der Waals surface area (Å²) < 4.78 is 5.76. The molecule has 0 spiro atoms. The van der Waals surface area contributed by atoms with Crippen LogP contribution in [0.2, 0.25) is 0 Å². The zero-order chi connectivity index (χ0) is 14.6. The third-order valence-corrected chi connectivity index (χ3v) is 5.24. The molecule has 0 radical (unpaired) electrons. The highest BCUT2D eigenvalue weighted by Gasteiger charge is 2.37. The third kappa shape index (κ3) is 10.1. The second-order valence-corrected chi connectivity index (χ2v) is 7.88. The predicted molar refractivity (Wildman–Crippen MR) is 92.7 cm³/mol. The molecule has 120 valence electrons. The molecule has 1 fully saturated rings. The average molecular weight is 301 g/mol. The Hall–Kier alpha value is 0.310. The molecule has 2 heteroatoms. The lowest BCUT2D eigenvalue weighted by Gasteiger charge is -2.02. The van der Waals surface area contributed by atoms with Crippen LogP contribution in [-0.4, -0.2) is 23.7 Å². The van der Waals surface area contributed by atoms with Gasteiger partial charge in [0.2, 0.25) is 0 Å². The molecule has 0 aromatic heterocycles. The van der Waals surface area contributed by atoms with Gasteiger partial charge < -0.3 is 4.74 Å². The van der Waals surface area contributed by atoms with Crippen molar-refractivity contribution in [2.75, 3.05) is 11.5 Å². The first kappa shape index (κ1) is 18.4. The van der Waals surface area contributed by atoms with Crippen molar-refractivity contribution in [2.45, 2.75) is 97.2 Å². The molecule has 1 heterocycles. The van der Waals surface area contributed by atoms with Crippen LogP contribution >= 0.6 is 11.8 Å². The molecule has 0 unspecified atom stereocenters. The van der Waals surface area contributed by atoms with Crippen LogP contribution in [0.1, 0.15) is 85.0 Å². The Morgan fingerprint density at radius 3 is 2.20 bits per heavy atom. The maximum absolute atomic E-state index is 5.76. The minimum Gasteiger partial charge on any atom is -0.369 e. The van der Waals surface area contributed by atoms with E-state index in [4.69, 9.17) is 4.74 Å². The molecular formula is C18H36OS. The van der Waals surface area contributed by atoms with E-state index in [1.807, 2.05) is 0 Å². The van der Waals surface area contributed by atoms with Gasteiger partial charge in [0, 0.05) is 5.75 Å².